The maximum Gasteiger partial charge on any atom is 0.416 e. The van der Waals surface area contributed by atoms with Gasteiger partial charge in [-0.25, -0.2) is 0 Å². The Kier molecular flexibility index (Phi) is 5.46. The molecule has 1 amide bonds. The number of nitrogens with two attached hydrogens (primary N) is 1. The average Bonchev–Trinajstić information content (AvgIpc) is 2.66. The highest BCUT2D eigenvalue weighted by Crippen LogP contribution is 2.33. The molecular weight excluding hydrogens is 353 g/mol. The Hall–Kier alpha value is -2.86. The zero-order chi connectivity index (χ0) is 19.4. The third kappa shape index (κ3) is 4.28. The first kappa shape index (κ1) is 18.9. The molecule has 6 heteroatoms. The summed E-state index contributed by atoms with van der Waals surface area (Å²) < 4.78 is 38.3. The molecule has 0 aromatic heterocycles. The lowest BCUT2D eigenvalue weighted by atomic mass is 9.96. The van der Waals surface area contributed by atoms with Crippen LogP contribution in [-0.4, -0.2) is 19.0 Å². The van der Waals surface area contributed by atoms with Crippen LogP contribution in [0, 0.1) is 0 Å². The van der Waals surface area contributed by atoms with Crippen LogP contribution in [0.1, 0.15) is 22.3 Å². The maximum absolute atomic E-state index is 12.8. The number of halogens is 3. The van der Waals surface area contributed by atoms with Crippen molar-refractivity contribution in [1.29, 1.82) is 0 Å². The van der Waals surface area contributed by atoms with E-state index in [1.54, 1.807) is 12.1 Å². The van der Waals surface area contributed by atoms with E-state index in [9.17, 15) is 18.0 Å². The fourth-order valence-electron chi connectivity index (χ4n) is 2.92. The molecule has 3 aromatic rings. The van der Waals surface area contributed by atoms with Crippen molar-refractivity contribution in [2.24, 2.45) is 5.73 Å². The molecule has 0 spiro atoms. The SMILES string of the molecule is NCCCNC(=O)c1ccc2c(-c3ccc(C(F)(F)F)cc3)cccc2c1. The highest BCUT2D eigenvalue weighted by Gasteiger charge is 2.30. The minimum atomic E-state index is -4.36. The largest absolute Gasteiger partial charge is 0.416 e. The monoisotopic (exact) mass is 372 g/mol. The van der Waals surface area contributed by atoms with Crippen LogP contribution in [-0.2, 0) is 6.18 Å². The van der Waals surface area contributed by atoms with Gasteiger partial charge in [0.25, 0.3) is 5.91 Å². The molecule has 3 aromatic carbocycles. The van der Waals surface area contributed by atoms with E-state index in [1.165, 1.54) is 12.1 Å². The number of amides is 1. The van der Waals surface area contributed by atoms with Crippen LogP contribution in [0.15, 0.2) is 60.7 Å². The highest BCUT2D eigenvalue weighted by atomic mass is 19.4. The van der Waals surface area contributed by atoms with Gasteiger partial charge in [0.1, 0.15) is 0 Å². The summed E-state index contributed by atoms with van der Waals surface area (Å²) in [5.41, 5.74) is 6.78. The Morgan fingerprint density at radius 1 is 1.00 bits per heavy atom. The number of benzene rings is 3. The van der Waals surface area contributed by atoms with Crippen LogP contribution < -0.4 is 11.1 Å². The number of rotatable bonds is 5. The number of fused-ring (bicyclic) bond motifs is 1. The van der Waals surface area contributed by atoms with Gasteiger partial charge in [0.05, 0.1) is 5.56 Å². The lowest BCUT2D eigenvalue weighted by Gasteiger charge is -2.11. The van der Waals surface area contributed by atoms with E-state index in [2.05, 4.69) is 5.32 Å². The van der Waals surface area contributed by atoms with Crippen molar-refractivity contribution in [3.63, 3.8) is 0 Å². The summed E-state index contributed by atoms with van der Waals surface area (Å²) in [7, 11) is 0. The van der Waals surface area contributed by atoms with Crippen LogP contribution in [0.25, 0.3) is 21.9 Å². The average molecular weight is 372 g/mol. The van der Waals surface area contributed by atoms with Crippen molar-refractivity contribution < 1.29 is 18.0 Å². The number of hydrogen-bond donors (Lipinski definition) is 2. The zero-order valence-corrected chi connectivity index (χ0v) is 14.5. The number of alkyl halides is 3. The Balaban J connectivity index is 1.93. The van der Waals surface area contributed by atoms with Gasteiger partial charge < -0.3 is 11.1 Å². The van der Waals surface area contributed by atoms with E-state index in [1.807, 2.05) is 24.3 Å². The van der Waals surface area contributed by atoms with Gasteiger partial charge in [-0.1, -0.05) is 36.4 Å². The first-order valence-corrected chi connectivity index (χ1v) is 8.59. The van der Waals surface area contributed by atoms with Gasteiger partial charge in [-0.2, -0.15) is 13.2 Å². The molecule has 140 valence electrons. The van der Waals surface area contributed by atoms with Crippen LogP contribution in [0.3, 0.4) is 0 Å². The van der Waals surface area contributed by atoms with E-state index in [-0.39, 0.29) is 5.91 Å². The molecule has 0 radical (unpaired) electrons. The standard InChI is InChI=1S/C21H19F3N2O/c22-21(23,24)17-8-5-14(6-9-17)18-4-1-3-15-13-16(7-10-19(15)18)20(27)26-12-2-11-25/h1,3-10,13H,2,11-12,25H2,(H,26,27). The minimum absolute atomic E-state index is 0.176. The lowest BCUT2D eigenvalue weighted by Crippen LogP contribution is -2.25. The molecule has 0 saturated carbocycles. The number of carbonyl (C=O) groups excluding carboxylic acids is 1. The smallest absolute Gasteiger partial charge is 0.352 e. The van der Waals surface area contributed by atoms with E-state index in [0.717, 1.165) is 28.5 Å². The van der Waals surface area contributed by atoms with Gasteiger partial charge in [0.15, 0.2) is 0 Å². The molecule has 27 heavy (non-hydrogen) atoms. The van der Waals surface area contributed by atoms with Crippen LogP contribution in [0.5, 0.6) is 0 Å². The highest BCUT2D eigenvalue weighted by molar-refractivity contribution is 6.02. The molecule has 3 nitrogen and oxygen atoms in total. The molecule has 0 fully saturated rings. The molecule has 3 N–H and O–H groups in total. The first-order valence-electron chi connectivity index (χ1n) is 8.59. The van der Waals surface area contributed by atoms with Crippen LogP contribution in [0.4, 0.5) is 13.2 Å². The summed E-state index contributed by atoms with van der Waals surface area (Å²) in [6.45, 7) is 1.02. The molecule has 0 heterocycles. The van der Waals surface area contributed by atoms with Gasteiger partial charge in [0.2, 0.25) is 0 Å². The molecule has 0 aliphatic carbocycles. The second-order valence-corrected chi connectivity index (χ2v) is 6.21. The maximum atomic E-state index is 12.8. The quantitative estimate of drug-likeness (QED) is 0.643. The van der Waals surface area contributed by atoms with Gasteiger partial charge in [-0.15, -0.1) is 0 Å². The molecule has 0 saturated heterocycles. The first-order chi connectivity index (χ1) is 12.9. The molecule has 0 atom stereocenters. The second kappa shape index (κ2) is 7.80. The van der Waals surface area contributed by atoms with Gasteiger partial charge in [-0.05, 0) is 59.1 Å². The van der Waals surface area contributed by atoms with E-state index in [4.69, 9.17) is 5.73 Å². The zero-order valence-electron chi connectivity index (χ0n) is 14.5. The van der Waals surface area contributed by atoms with Crippen molar-refractivity contribution in [3.05, 3.63) is 71.8 Å². The summed E-state index contributed by atoms with van der Waals surface area (Å²) in [5, 5.41) is 4.52. The molecule has 0 aliphatic rings. The van der Waals surface area contributed by atoms with Crippen molar-refractivity contribution >= 4 is 16.7 Å². The normalized spacial score (nSPS) is 11.6. The Morgan fingerprint density at radius 3 is 2.41 bits per heavy atom. The predicted molar refractivity (Wildman–Crippen MR) is 100 cm³/mol. The third-order valence-corrected chi connectivity index (χ3v) is 4.33. The molecular formula is C21H19F3N2O. The van der Waals surface area contributed by atoms with E-state index in [0.29, 0.717) is 30.6 Å². The van der Waals surface area contributed by atoms with Gasteiger partial charge in [-0.3, -0.25) is 4.79 Å². The number of nitrogens with one attached hydrogen (secondary N) is 1. The molecule has 3 rings (SSSR count). The Morgan fingerprint density at radius 2 is 1.74 bits per heavy atom. The van der Waals surface area contributed by atoms with Crippen LogP contribution >= 0.6 is 0 Å². The fourth-order valence-corrected chi connectivity index (χ4v) is 2.92. The summed E-state index contributed by atoms with van der Waals surface area (Å²) in [6, 6.07) is 15.9. The minimum Gasteiger partial charge on any atom is -0.352 e. The van der Waals surface area contributed by atoms with Crippen molar-refractivity contribution in [3.8, 4) is 11.1 Å². The molecule has 0 unspecified atom stereocenters. The third-order valence-electron chi connectivity index (χ3n) is 4.33. The summed E-state index contributed by atoms with van der Waals surface area (Å²) in [4.78, 5) is 12.2. The van der Waals surface area contributed by atoms with Crippen LogP contribution in [0.2, 0.25) is 0 Å². The fraction of sp³-hybridized carbons (Fsp3) is 0.190. The van der Waals surface area contributed by atoms with Crippen molar-refractivity contribution in [1.82, 2.24) is 5.32 Å². The van der Waals surface area contributed by atoms with E-state index < -0.39 is 11.7 Å². The number of carbonyl (C=O) groups is 1. The summed E-state index contributed by atoms with van der Waals surface area (Å²) in [5.74, 6) is -0.176. The molecule has 0 aliphatic heterocycles. The predicted octanol–water partition coefficient (Wildman–Crippen LogP) is 4.60. The Bertz CT molecular complexity index is 950. The van der Waals surface area contributed by atoms with E-state index >= 15 is 0 Å². The lowest BCUT2D eigenvalue weighted by molar-refractivity contribution is -0.137. The second-order valence-electron chi connectivity index (χ2n) is 6.21. The Labute approximate surface area is 155 Å². The summed E-state index contributed by atoms with van der Waals surface area (Å²) in [6.07, 6.45) is -3.65. The van der Waals surface area contributed by atoms with Crippen molar-refractivity contribution in [2.45, 2.75) is 12.6 Å². The summed E-state index contributed by atoms with van der Waals surface area (Å²) >= 11 is 0. The van der Waals surface area contributed by atoms with Crippen molar-refractivity contribution in [2.75, 3.05) is 13.1 Å². The topological polar surface area (TPSA) is 55.1 Å². The number of hydrogen-bond acceptors (Lipinski definition) is 2. The molecule has 0 bridgehead atoms. The van der Waals surface area contributed by atoms with Gasteiger partial charge in [0, 0.05) is 12.1 Å². The van der Waals surface area contributed by atoms with Gasteiger partial charge >= 0.3 is 6.18 Å².